The molecule has 1 N–H and O–H groups in total. The monoisotopic (exact) mass is 418 g/mol. The Morgan fingerprint density at radius 1 is 0.900 bits per heavy atom. The first kappa shape index (κ1) is 20.7. The Labute approximate surface area is 181 Å². The maximum Gasteiger partial charge on any atom is 0.336 e. The smallest absolute Gasteiger partial charge is 0.336 e. The van der Waals surface area contributed by atoms with Gasteiger partial charge in [0.1, 0.15) is 0 Å². The van der Waals surface area contributed by atoms with Crippen LogP contribution in [0.1, 0.15) is 72.4 Å². The molecular weight excluding hydrogens is 392 g/mol. The van der Waals surface area contributed by atoms with E-state index >= 15 is 0 Å². The third-order valence-electron chi connectivity index (χ3n) is 6.44. The van der Waals surface area contributed by atoms with Crippen LogP contribution in [0.25, 0.3) is 10.8 Å². The van der Waals surface area contributed by atoms with Gasteiger partial charge in [0, 0.05) is 15.4 Å². The number of fused-ring (bicyclic) bond motifs is 2. The van der Waals surface area contributed by atoms with E-state index in [0.29, 0.717) is 11.7 Å². The molecule has 4 rings (SSSR count). The van der Waals surface area contributed by atoms with Crippen LogP contribution in [0.15, 0.2) is 58.3 Å². The molecule has 0 atom stereocenters. The number of carboxylic acid groups (broad SMARTS) is 1. The summed E-state index contributed by atoms with van der Waals surface area (Å²) in [6, 6.07) is 15.9. The van der Waals surface area contributed by atoms with E-state index in [2.05, 4.69) is 45.9 Å². The molecule has 4 heteroatoms. The van der Waals surface area contributed by atoms with E-state index in [1.165, 1.54) is 34.9 Å². The normalized spacial score (nSPS) is 16.8. The SMILES string of the molecule is CC1(C)CCC(C)(C)c2cc(Sc3ccc4c(C=O)c(C(=O)O)ccc4c3)ccc21. The van der Waals surface area contributed by atoms with E-state index in [0.717, 1.165) is 10.3 Å². The number of carbonyl (C=O) groups is 2. The van der Waals surface area contributed by atoms with E-state index in [-0.39, 0.29) is 22.0 Å². The summed E-state index contributed by atoms with van der Waals surface area (Å²) in [6.45, 7) is 9.31. The molecule has 0 aliphatic heterocycles. The zero-order chi connectivity index (χ0) is 21.7. The Morgan fingerprint density at radius 3 is 2.20 bits per heavy atom. The summed E-state index contributed by atoms with van der Waals surface area (Å²) in [5.41, 5.74) is 3.50. The van der Waals surface area contributed by atoms with Gasteiger partial charge in [-0.15, -0.1) is 0 Å². The highest BCUT2D eigenvalue weighted by Crippen LogP contribution is 2.47. The first-order chi connectivity index (χ1) is 14.1. The number of rotatable bonds is 4. The minimum atomic E-state index is -1.09. The van der Waals surface area contributed by atoms with Crippen molar-refractivity contribution in [3.05, 3.63) is 70.8 Å². The summed E-state index contributed by atoms with van der Waals surface area (Å²) in [6.07, 6.45) is 3.00. The lowest BCUT2D eigenvalue weighted by molar-refractivity contribution is 0.0694. The Bertz CT molecular complexity index is 1170. The predicted molar refractivity (Wildman–Crippen MR) is 122 cm³/mol. The molecule has 0 fully saturated rings. The third kappa shape index (κ3) is 3.54. The van der Waals surface area contributed by atoms with Gasteiger partial charge in [-0.1, -0.05) is 57.7 Å². The first-order valence-electron chi connectivity index (χ1n) is 10.2. The molecule has 3 aromatic carbocycles. The van der Waals surface area contributed by atoms with Gasteiger partial charge in [-0.3, -0.25) is 4.79 Å². The van der Waals surface area contributed by atoms with Gasteiger partial charge in [-0.2, -0.15) is 0 Å². The van der Waals surface area contributed by atoms with Gasteiger partial charge in [0.2, 0.25) is 0 Å². The first-order valence-corrected chi connectivity index (χ1v) is 11.0. The van der Waals surface area contributed by atoms with E-state index in [9.17, 15) is 14.7 Å². The fourth-order valence-electron chi connectivity index (χ4n) is 4.48. The van der Waals surface area contributed by atoms with Crippen molar-refractivity contribution in [2.45, 2.75) is 61.2 Å². The molecule has 0 radical (unpaired) electrons. The van der Waals surface area contributed by atoms with Crippen LogP contribution in [-0.2, 0) is 10.8 Å². The second kappa shape index (κ2) is 7.28. The van der Waals surface area contributed by atoms with Gasteiger partial charge in [-0.25, -0.2) is 4.79 Å². The zero-order valence-electron chi connectivity index (χ0n) is 17.8. The summed E-state index contributed by atoms with van der Waals surface area (Å²) < 4.78 is 0. The van der Waals surface area contributed by atoms with Crippen molar-refractivity contribution in [3.8, 4) is 0 Å². The number of hydrogen-bond donors (Lipinski definition) is 1. The van der Waals surface area contributed by atoms with Crippen molar-refractivity contribution < 1.29 is 14.7 Å². The molecule has 0 spiro atoms. The quantitative estimate of drug-likeness (QED) is 0.471. The van der Waals surface area contributed by atoms with Gasteiger partial charge >= 0.3 is 5.97 Å². The highest BCUT2D eigenvalue weighted by atomic mass is 32.2. The summed E-state index contributed by atoms with van der Waals surface area (Å²) in [7, 11) is 0. The van der Waals surface area contributed by atoms with Crippen LogP contribution in [0, 0.1) is 0 Å². The Morgan fingerprint density at radius 2 is 1.53 bits per heavy atom. The molecule has 30 heavy (non-hydrogen) atoms. The van der Waals surface area contributed by atoms with Crippen molar-refractivity contribution in [2.75, 3.05) is 0 Å². The number of hydrogen-bond acceptors (Lipinski definition) is 3. The number of aromatic carboxylic acids is 1. The lowest BCUT2D eigenvalue weighted by atomic mass is 9.63. The van der Waals surface area contributed by atoms with Gasteiger partial charge in [-0.05, 0) is 75.9 Å². The standard InChI is InChI=1S/C26H26O3S/c1-25(2)11-12-26(3,4)23-14-18(7-10-22(23)25)30-17-6-9-19-16(13-17)5-8-20(24(28)29)21(19)15-27/h5-10,13-15H,11-12H2,1-4H3,(H,28,29). The van der Waals surface area contributed by atoms with Crippen LogP contribution in [0.2, 0.25) is 0 Å². The summed E-state index contributed by atoms with van der Waals surface area (Å²) in [5.74, 6) is -1.09. The fourth-order valence-corrected chi connectivity index (χ4v) is 5.38. The molecule has 3 aromatic rings. The largest absolute Gasteiger partial charge is 0.478 e. The van der Waals surface area contributed by atoms with Crippen LogP contribution in [0.5, 0.6) is 0 Å². The maximum atomic E-state index is 11.5. The number of carboxylic acids is 1. The fraction of sp³-hybridized carbons (Fsp3) is 0.308. The highest BCUT2D eigenvalue weighted by Gasteiger charge is 2.36. The molecule has 0 amide bonds. The van der Waals surface area contributed by atoms with Gasteiger partial charge < -0.3 is 5.11 Å². The molecule has 3 nitrogen and oxygen atoms in total. The molecule has 154 valence electrons. The zero-order valence-corrected chi connectivity index (χ0v) is 18.6. The highest BCUT2D eigenvalue weighted by molar-refractivity contribution is 7.99. The molecule has 1 aliphatic carbocycles. The average molecular weight is 419 g/mol. The minimum Gasteiger partial charge on any atom is -0.478 e. The van der Waals surface area contributed by atoms with Crippen LogP contribution < -0.4 is 0 Å². The number of aldehydes is 1. The lowest BCUT2D eigenvalue weighted by Crippen LogP contribution is -2.33. The molecular formula is C26H26O3S. The van der Waals surface area contributed by atoms with E-state index < -0.39 is 5.97 Å². The molecule has 0 heterocycles. The Kier molecular flexibility index (Phi) is 5.01. The summed E-state index contributed by atoms with van der Waals surface area (Å²) >= 11 is 1.70. The predicted octanol–water partition coefficient (Wildman–Crippen LogP) is 6.85. The van der Waals surface area contributed by atoms with E-state index in [1.807, 2.05) is 18.2 Å². The molecule has 0 unspecified atom stereocenters. The van der Waals surface area contributed by atoms with Crippen LogP contribution in [-0.4, -0.2) is 17.4 Å². The molecule has 0 saturated heterocycles. The average Bonchev–Trinajstić information content (AvgIpc) is 2.70. The van der Waals surface area contributed by atoms with Crippen molar-refractivity contribution in [3.63, 3.8) is 0 Å². The third-order valence-corrected chi connectivity index (χ3v) is 7.42. The second-order valence-electron chi connectivity index (χ2n) is 9.41. The Balaban J connectivity index is 1.72. The van der Waals surface area contributed by atoms with Crippen molar-refractivity contribution >= 4 is 34.8 Å². The van der Waals surface area contributed by atoms with Crippen LogP contribution in [0.4, 0.5) is 0 Å². The molecule has 0 aromatic heterocycles. The van der Waals surface area contributed by atoms with Crippen molar-refractivity contribution in [2.24, 2.45) is 0 Å². The lowest BCUT2D eigenvalue weighted by Gasteiger charge is -2.42. The number of carbonyl (C=O) groups excluding carboxylic acids is 1. The summed E-state index contributed by atoms with van der Waals surface area (Å²) in [4.78, 5) is 25.1. The molecule has 0 saturated carbocycles. The van der Waals surface area contributed by atoms with Gasteiger partial charge in [0.05, 0.1) is 5.56 Å². The topological polar surface area (TPSA) is 54.4 Å². The van der Waals surface area contributed by atoms with Crippen LogP contribution >= 0.6 is 11.8 Å². The second-order valence-corrected chi connectivity index (χ2v) is 10.6. The van der Waals surface area contributed by atoms with E-state index in [1.54, 1.807) is 17.8 Å². The Hall–Kier alpha value is -2.59. The number of benzene rings is 3. The molecule has 1 aliphatic rings. The van der Waals surface area contributed by atoms with Crippen molar-refractivity contribution in [1.29, 1.82) is 0 Å². The van der Waals surface area contributed by atoms with Crippen LogP contribution in [0.3, 0.4) is 0 Å². The molecule has 0 bridgehead atoms. The van der Waals surface area contributed by atoms with E-state index in [4.69, 9.17) is 0 Å². The minimum absolute atomic E-state index is 0.0393. The maximum absolute atomic E-state index is 11.5. The van der Waals surface area contributed by atoms with Crippen molar-refractivity contribution in [1.82, 2.24) is 0 Å². The van der Waals surface area contributed by atoms with Gasteiger partial charge in [0.25, 0.3) is 0 Å². The van der Waals surface area contributed by atoms with Gasteiger partial charge in [0.15, 0.2) is 6.29 Å². The summed E-state index contributed by atoms with van der Waals surface area (Å²) in [5, 5.41) is 10.9.